The molecule has 0 fully saturated rings. The van der Waals surface area contributed by atoms with E-state index in [4.69, 9.17) is 14.6 Å². The molecule has 2 N–H and O–H groups in total. The number of sulfonamides is 1. The third kappa shape index (κ3) is 5.57. The lowest BCUT2D eigenvalue weighted by atomic mass is 10.1. The number of esters is 1. The van der Waals surface area contributed by atoms with Crippen molar-refractivity contribution in [3.63, 3.8) is 0 Å². The van der Waals surface area contributed by atoms with Gasteiger partial charge in [0.2, 0.25) is 10.0 Å². The van der Waals surface area contributed by atoms with Gasteiger partial charge in [-0.15, -0.1) is 0 Å². The fourth-order valence-corrected chi connectivity index (χ4v) is 4.61. The van der Waals surface area contributed by atoms with Gasteiger partial charge in [0.15, 0.2) is 4.80 Å². The number of carbonyl (C=O) groups excluding carboxylic acids is 2. The first-order valence-corrected chi connectivity index (χ1v) is 11.6. The lowest BCUT2D eigenvalue weighted by molar-refractivity contribution is -0.143. The van der Waals surface area contributed by atoms with Crippen molar-refractivity contribution in [1.82, 2.24) is 4.57 Å². The predicted molar refractivity (Wildman–Crippen MR) is 115 cm³/mol. The average Bonchev–Trinajstić information content (AvgIpc) is 3.03. The maximum absolute atomic E-state index is 12.6. The molecule has 2 aromatic carbocycles. The monoisotopic (exact) mass is 463 g/mol. The van der Waals surface area contributed by atoms with E-state index in [1.165, 1.54) is 29.9 Å². The summed E-state index contributed by atoms with van der Waals surface area (Å²) in [7, 11) is -2.37. The summed E-state index contributed by atoms with van der Waals surface area (Å²) in [5, 5.41) is 5.21. The number of ether oxygens (including phenoxy) is 2. The Morgan fingerprint density at radius 2 is 1.97 bits per heavy atom. The van der Waals surface area contributed by atoms with Crippen LogP contribution in [0.5, 0.6) is 5.75 Å². The van der Waals surface area contributed by atoms with Crippen LogP contribution < -0.4 is 14.7 Å². The Bertz CT molecular complexity index is 1310. The second-order valence-corrected chi connectivity index (χ2v) is 9.05. The molecule has 0 atom stereocenters. The SMILES string of the molecule is CCOC(=O)Cn1c(=NC(=O)Cc2cccc(OC)c2)sc2cc(S(N)(=O)=O)ccc21. The zero-order valence-corrected chi connectivity index (χ0v) is 18.5. The summed E-state index contributed by atoms with van der Waals surface area (Å²) in [6.45, 7) is 1.72. The van der Waals surface area contributed by atoms with E-state index in [2.05, 4.69) is 4.99 Å². The highest BCUT2D eigenvalue weighted by atomic mass is 32.2. The van der Waals surface area contributed by atoms with Crippen molar-refractivity contribution in [2.75, 3.05) is 13.7 Å². The Balaban J connectivity index is 2.05. The molecular formula is C20H21N3O6S2. The molecule has 9 nitrogen and oxygen atoms in total. The lowest BCUT2D eigenvalue weighted by Crippen LogP contribution is -2.23. The highest BCUT2D eigenvalue weighted by Gasteiger charge is 2.15. The van der Waals surface area contributed by atoms with Gasteiger partial charge < -0.3 is 14.0 Å². The van der Waals surface area contributed by atoms with Crippen molar-refractivity contribution >= 4 is 43.5 Å². The highest BCUT2D eigenvalue weighted by Crippen LogP contribution is 2.21. The van der Waals surface area contributed by atoms with Crippen molar-refractivity contribution in [1.29, 1.82) is 0 Å². The standard InChI is InChI=1S/C20H21N3O6S2/c1-3-29-19(25)12-23-16-8-7-15(31(21,26)27)11-17(16)30-20(23)22-18(24)10-13-5-4-6-14(9-13)28-2/h4-9,11H,3,10,12H2,1-2H3,(H2,21,26,27). The quantitative estimate of drug-likeness (QED) is 0.530. The van der Waals surface area contributed by atoms with E-state index >= 15 is 0 Å². The van der Waals surface area contributed by atoms with Gasteiger partial charge in [-0.05, 0) is 42.8 Å². The maximum atomic E-state index is 12.6. The first-order chi connectivity index (χ1) is 14.7. The van der Waals surface area contributed by atoms with Crippen molar-refractivity contribution in [2.45, 2.75) is 24.8 Å². The minimum Gasteiger partial charge on any atom is -0.497 e. The van der Waals surface area contributed by atoms with Gasteiger partial charge in [-0.3, -0.25) is 9.59 Å². The van der Waals surface area contributed by atoms with Gasteiger partial charge in [-0.25, -0.2) is 13.6 Å². The number of fused-ring (bicyclic) bond motifs is 1. The van der Waals surface area contributed by atoms with Gasteiger partial charge in [0.25, 0.3) is 5.91 Å². The van der Waals surface area contributed by atoms with Gasteiger partial charge in [-0.1, -0.05) is 23.5 Å². The first-order valence-electron chi connectivity index (χ1n) is 9.23. The number of benzene rings is 2. The number of primary sulfonamides is 1. The van der Waals surface area contributed by atoms with Crippen LogP contribution in [0.15, 0.2) is 52.4 Å². The summed E-state index contributed by atoms with van der Waals surface area (Å²) < 4.78 is 35.6. The van der Waals surface area contributed by atoms with Crippen molar-refractivity contribution in [3.8, 4) is 5.75 Å². The van der Waals surface area contributed by atoms with Crippen LogP contribution in [0.1, 0.15) is 12.5 Å². The molecule has 1 aromatic heterocycles. The van der Waals surface area contributed by atoms with Crippen LogP contribution in [-0.2, 0) is 37.3 Å². The number of carbonyl (C=O) groups is 2. The van der Waals surface area contributed by atoms with E-state index < -0.39 is 21.9 Å². The van der Waals surface area contributed by atoms with Crippen LogP contribution in [0.25, 0.3) is 10.2 Å². The van der Waals surface area contributed by atoms with Gasteiger partial charge in [0.05, 0.1) is 35.2 Å². The summed E-state index contributed by atoms with van der Waals surface area (Å²) in [4.78, 5) is 29.0. The molecule has 11 heteroatoms. The summed E-state index contributed by atoms with van der Waals surface area (Å²) in [6.07, 6.45) is 0.0350. The van der Waals surface area contributed by atoms with E-state index in [0.29, 0.717) is 16.0 Å². The number of rotatable bonds is 7. The molecule has 0 aliphatic heterocycles. The second-order valence-electron chi connectivity index (χ2n) is 6.48. The number of hydrogen-bond acceptors (Lipinski definition) is 7. The topological polar surface area (TPSA) is 130 Å². The van der Waals surface area contributed by atoms with Gasteiger partial charge >= 0.3 is 5.97 Å². The van der Waals surface area contributed by atoms with Gasteiger partial charge in [0, 0.05) is 0 Å². The average molecular weight is 464 g/mol. The highest BCUT2D eigenvalue weighted by molar-refractivity contribution is 7.89. The third-order valence-electron chi connectivity index (χ3n) is 4.29. The van der Waals surface area contributed by atoms with Crippen LogP contribution in [0.2, 0.25) is 0 Å². The number of nitrogens with two attached hydrogens (primary N) is 1. The Morgan fingerprint density at radius 3 is 2.65 bits per heavy atom. The molecule has 1 heterocycles. The second kappa shape index (κ2) is 9.41. The number of hydrogen-bond donors (Lipinski definition) is 1. The van der Waals surface area contributed by atoms with Gasteiger partial charge in [-0.2, -0.15) is 4.99 Å². The van der Waals surface area contributed by atoms with Crippen LogP contribution in [-0.4, -0.2) is 38.6 Å². The Morgan fingerprint density at radius 1 is 1.19 bits per heavy atom. The maximum Gasteiger partial charge on any atom is 0.326 e. The molecule has 0 saturated carbocycles. The zero-order valence-electron chi connectivity index (χ0n) is 16.9. The van der Waals surface area contributed by atoms with E-state index in [1.807, 2.05) is 0 Å². The van der Waals surface area contributed by atoms with E-state index in [9.17, 15) is 18.0 Å². The largest absolute Gasteiger partial charge is 0.497 e. The summed E-state index contributed by atoms with van der Waals surface area (Å²) in [5.41, 5.74) is 1.26. The molecule has 0 saturated heterocycles. The van der Waals surface area contributed by atoms with E-state index in [1.54, 1.807) is 31.2 Å². The number of aromatic nitrogens is 1. The van der Waals surface area contributed by atoms with Crippen LogP contribution >= 0.6 is 11.3 Å². The molecule has 0 aliphatic rings. The molecule has 0 aliphatic carbocycles. The number of thiazole rings is 1. The molecule has 0 radical (unpaired) electrons. The van der Waals surface area contributed by atoms with Crippen molar-refractivity contribution < 1.29 is 27.5 Å². The first kappa shape index (κ1) is 22.7. The van der Waals surface area contributed by atoms with Crippen LogP contribution in [0.3, 0.4) is 0 Å². The smallest absolute Gasteiger partial charge is 0.326 e. The van der Waals surface area contributed by atoms with Crippen LogP contribution in [0.4, 0.5) is 0 Å². The molecule has 1 amide bonds. The molecule has 0 spiro atoms. The Kier molecular flexibility index (Phi) is 6.88. The number of methoxy groups -OCH3 is 1. The zero-order chi connectivity index (χ0) is 22.6. The normalized spacial score (nSPS) is 12.2. The summed E-state index contributed by atoms with van der Waals surface area (Å²) in [5.74, 6) is -0.302. The van der Waals surface area contributed by atoms with Crippen molar-refractivity contribution in [3.05, 3.63) is 52.8 Å². The summed E-state index contributed by atoms with van der Waals surface area (Å²) >= 11 is 1.08. The molecule has 0 bridgehead atoms. The number of amides is 1. The predicted octanol–water partition coefficient (Wildman–Crippen LogP) is 1.59. The van der Waals surface area contributed by atoms with Crippen molar-refractivity contribution in [2.24, 2.45) is 10.1 Å². The lowest BCUT2D eigenvalue weighted by Gasteiger charge is -2.06. The van der Waals surface area contributed by atoms with Crippen LogP contribution in [0, 0.1) is 0 Å². The molecule has 164 valence electrons. The fraction of sp³-hybridized carbons (Fsp3) is 0.250. The number of nitrogens with zero attached hydrogens (tertiary/aromatic N) is 2. The van der Waals surface area contributed by atoms with E-state index in [0.717, 1.165) is 16.9 Å². The molecular weight excluding hydrogens is 442 g/mol. The van der Waals surface area contributed by atoms with Gasteiger partial charge in [0.1, 0.15) is 12.3 Å². The third-order valence-corrected chi connectivity index (χ3v) is 6.24. The molecule has 3 aromatic rings. The molecule has 3 rings (SSSR count). The van der Waals surface area contributed by atoms with E-state index in [-0.39, 0.29) is 29.3 Å². The Labute approximate surface area is 182 Å². The molecule has 0 unspecified atom stereocenters. The fourth-order valence-electron chi connectivity index (χ4n) is 2.91. The Hall–Kier alpha value is -3.02. The minimum absolute atomic E-state index is 0.0350. The summed E-state index contributed by atoms with van der Waals surface area (Å²) in [6, 6.07) is 11.3. The minimum atomic E-state index is -3.90. The molecule has 31 heavy (non-hydrogen) atoms.